The number of aliphatic hydroxyl groups excluding tert-OH is 1. The van der Waals surface area contributed by atoms with Gasteiger partial charge in [0.05, 0.1) is 18.3 Å². The van der Waals surface area contributed by atoms with Crippen molar-refractivity contribution in [1.29, 1.82) is 0 Å². The molecule has 0 fully saturated rings. The number of benzene rings is 2. The number of halogens is 4. The van der Waals surface area contributed by atoms with Crippen LogP contribution in [0.1, 0.15) is 19.4 Å². The largest absolute Gasteiger partial charge is 0.573 e. The van der Waals surface area contributed by atoms with Gasteiger partial charge >= 0.3 is 6.36 Å². The summed E-state index contributed by atoms with van der Waals surface area (Å²) < 4.78 is 55.4. The highest BCUT2D eigenvalue weighted by Gasteiger charge is 2.31. The normalized spacial score (nSPS) is 12.5. The minimum atomic E-state index is -4.82. The lowest BCUT2D eigenvalue weighted by atomic mass is 10.1. The van der Waals surface area contributed by atoms with E-state index in [0.717, 1.165) is 0 Å². The topological polar surface area (TPSA) is 79.3 Å². The Bertz CT molecular complexity index is 1080. The summed E-state index contributed by atoms with van der Waals surface area (Å²) in [4.78, 5) is 8.81. The summed E-state index contributed by atoms with van der Waals surface area (Å²) in [5.74, 6) is -0.130. The minimum Gasteiger partial charge on any atom is -0.406 e. The summed E-state index contributed by atoms with van der Waals surface area (Å²) in [6.07, 6.45) is -4.82. The van der Waals surface area contributed by atoms with Crippen LogP contribution in [-0.4, -0.2) is 34.1 Å². The zero-order chi connectivity index (χ0) is 24.0. The fourth-order valence-electron chi connectivity index (χ4n) is 3.03. The molecule has 0 bridgehead atoms. The highest BCUT2D eigenvalue weighted by atomic mass is 19.4. The van der Waals surface area contributed by atoms with Gasteiger partial charge in [0.1, 0.15) is 17.4 Å². The summed E-state index contributed by atoms with van der Waals surface area (Å²) in [6, 6.07) is 12.7. The number of hydrogen-bond donors (Lipinski definition) is 3. The van der Waals surface area contributed by atoms with Crippen LogP contribution in [0.25, 0.3) is 11.3 Å². The molecule has 0 radical (unpaired) electrons. The van der Waals surface area contributed by atoms with Gasteiger partial charge in [0.15, 0.2) is 0 Å². The van der Waals surface area contributed by atoms with Crippen molar-refractivity contribution < 1.29 is 27.4 Å². The van der Waals surface area contributed by atoms with Crippen LogP contribution < -0.4 is 15.4 Å². The molecule has 0 amide bonds. The molecule has 0 spiro atoms. The SMILES string of the molecule is CC(C)[C@H](CO)Nc1nc(NCc2cccc(F)c2)cc(-c2cccc(OC(F)(F)F)c2)n1. The maximum atomic E-state index is 13.5. The maximum absolute atomic E-state index is 13.5. The van der Waals surface area contributed by atoms with Crippen LogP contribution in [0.5, 0.6) is 5.75 Å². The number of aromatic nitrogens is 2. The summed E-state index contributed by atoms with van der Waals surface area (Å²) >= 11 is 0. The first-order valence-corrected chi connectivity index (χ1v) is 10.2. The Balaban J connectivity index is 1.93. The highest BCUT2D eigenvalue weighted by molar-refractivity contribution is 5.66. The molecule has 0 unspecified atom stereocenters. The minimum absolute atomic E-state index is 0.0643. The molecule has 10 heteroatoms. The number of nitrogens with zero attached hydrogens (tertiary/aromatic N) is 2. The van der Waals surface area contributed by atoms with Crippen LogP contribution in [-0.2, 0) is 6.54 Å². The van der Waals surface area contributed by atoms with Crippen molar-refractivity contribution in [3.63, 3.8) is 0 Å². The average Bonchev–Trinajstić information content (AvgIpc) is 2.75. The molecule has 3 aromatic rings. The van der Waals surface area contributed by atoms with Gasteiger partial charge in [-0.05, 0) is 35.7 Å². The molecule has 1 heterocycles. The summed E-state index contributed by atoms with van der Waals surface area (Å²) in [7, 11) is 0. The van der Waals surface area contributed by atoms with Gasteiger partial charge in [0, 0.05) is 18.2 Å². The third-order valence-corrected chi connectivity index (χ3v) is 4.77. The van der Waals surface area contributed by atoms with Crippen molar-refractivity contribution in [2.24, 2.45) is 5.92 Å². The standard InChI is InChI=1S/C23H24F4N4O2/c1-14(2)20(13-32)30-22-29-19(16-6-4-8-18(10-16)33-23(25,26)27)11-21(31-22)28-12-15-5-3-7-17(24)9-15/h3-11,14,20,32H,12-13H2,1-2H3,(H2,28,29,30,31)/t20-/m0/s1. The van der Waals surface area contributed by atoms with Crippen LogP contribution in [0.15, 0.2) is 54.6 Å². The van der Waals surface area contributed by atoms with Crippen molar-refractivity contribution in [1.82, 2.24) is 9.97 Å². The van der Waals surface area contributed by atoms with E-state index in [2.05, 4.69) is 25.3 Å². The average molecular weight is 464 g/mol. The highest BCUT2D eigenvalue weighted by Crippen LogP contribution is 2.29. The Morgan fingerprint density at radius 1 is 1.03 bits per heavy atom. The Morgan fingerprint density at radius 3 is 2.45 bits per heavy atom. The van der Waals surface area contributed by atoms with Crippen molar-refractivity contribution in [3.8, 4) is 17.0 Å². The third-order valence-electron chi connectivity index (χ3n) is 4.77. The summed E-state index contributed by atoms with van der Waals surface area (Å²) in [5.41, 5.74) is 1.39. The number of rotatable bonds is 9. The first kappa shape index (κ1) is 24.2. The van der Waals surface area contributed by atoms with E-state index >= 15 is 0 Å². The molecule has 2 aromatic carbocycles. The van der Waals surface area contributed by atoms with Crippen LogP contribution in [0.3, 0.4) is 0 Å². The predicted octanol–water partition coefficient (Wildman–Crippen LogP) is 5.22. The van der Waals surface area contributed by atoms with E-state index in [1.54, 1.807) is 24.3 Å². The number of anilines is 2. The lowest BCUT2D eigenvalue weighted by molar-refractivity contribution is -0.274. The lowest BCUT2D eigenvalue weighted by Gasteiger charge is -2.21. The van der Waals surface area contributed by atoms with Gasteiger partial charge < -0.3 is 20.5 Å². The Hall–Kier alpha value is -3.40. The van der Waals surface area contributed by atoms with E-state index < -0.39 is 6.36 Å². The van der Waals surface area contributed by atoms with Crippen molar-refractivity contribution in [3.05, 3.63) is 66.0 Å². The smallest absolute Gasteiger partial charge is 0.406 e. The molecular weight excluding hydrogens is 440 g/mol. The first-order chi connectivity index (χ1) is 15.6. The number of nitrogens with one attached hydrogen (secondary N) is 2. The van der Waals surface area contributed by atoms with Gasteiger partial charge in [-0.3, -0.25) is 0 Å². The Morgan fingerprint density at radius 2 is 1.79 bits per heavy atom. The molecule has 33 heavy (non-hydrogen) atoms. The molecular formula is C23H24F4N4O2. The van der Waals surface area contributed by atoms with Gasteiger partial charge in [0.25, 0.3) is 0 Å². The van der Waals surface area contributed by atoms with Crippen LogP contribution >= 0.6 is 0 Å². The molecule has 0 saturated carbocycles. The second-order valence-corrected chi connectivity index (χ2v) is 7.70. The van der Waals surface area contributed by atoms with Crippen LogP contribution in [0.4, 0.5) is 29.3 Å². The number of hydrogen-bond acceptors (Lipinski definition) is 6. The molecule has 3 N–H and O–H groups in total. The predicted molar refractivity (Wildman–Crippen MR) is 117 cm³/mol. The molecule has 3 rings (SSSR count). The quantitative estimate of drug-likeness (QED) is 0.377. The summed E-state index contributed by atoms with van der Waals surface area (Å²) in [6.45, 7) is 3.93. The van der Waals surface area contributed by atoms with Gasteiger partial charge in [0.2, 0.25) is 5.95 Å². The molecule has 0 saturated heterocycles. The van der Waals surface area contributed by atoms with Crippen molar-refractivity contribution >= 4 is 11.8 Å². The molecule has 1 atom stereocenters. The molecule has 0 aliphatic carbocycles. The van der Waals surface area contributed by atoms with E-state index in [1.165, 1.54) is 30.3 Å². The van der Waals surface area contributed by atoms with Crippen molar-refractivity contribution in [2.45, 2.75) is 32.8 Å². The van der Waals surface area contributed by atoms with Gasteiger partial charge in [-0.15, -0.1) is 13.2 Å². The van der Waals surface area contributed by atoms with E-state index in [1.807, 2.05) is 13.8 Å². The Kier molecular flexibility index (Phi) is 7.70. The molecule has 0 aliphatic rings. The monoisotopic (exact) mass is 464 g/mol. The van der Waals surface area contributed by atoms with Gasteiger partial charge in [-0.1, -0.05) is 38.1 Å². The lowest BCUT2D eigenvalue weighted by Crippen LogP contribution is -2.30. The molecule has 1 aromatic heterocycles. The Labute approximate surface area is 188 Å². The third kappa shape index (κ3) is 7.31. The van der Waals surface area contributed by atoms with E-state index in [9.17, 15) is 22.7 Å². The van der Waals surface area contributed by atoms with Crippen LogP contribution in [0.2, 0.25) is 0 Å². The van der Waals surface area contributed by atoms with E-state index in [4.69, 9.17) is 0 Å². The second kappa shape index (κ2) is 10.5. The zero-order valence-corrected chi connectivity index (χ0v) is 18.0. The number of alkyl halides is 3. The van der Waals surface area contributed by atoms with Gasteiger partial charge in [-0.25, -0.2) is 9.37 Å². The van der Waals surface area contributed by atoms with E-state index in [0.29, 0.717) is 22.6 Å². The number of aliphatic hydroxyl groups is 1. The molecule has 6 nitrogen and oxygen atoms in total. The van der Waals surface area contributed by atoms with Crippen LogP contribution in [0, 0.1) is 11.7 Å². The second-order valence-electron chi connectivity index (χ2n) is 7.70. The van der Waals surface area contributed by atoms with Gasteiger partial charge in [-0.2, -0.15) is 4.98 Å². The fourth-order valence-corrected chi connectivity index (χ4v) is 3.03. The first-order valence-electron chi connectivity index (χ1n) is 10.2. The molecule has 0 aliphatic heterocycles. The molecule has 176 valence electrons. The number of ether oxygens (including phenoxy) is 1. The fraction of sp³-hybridized carbons (Fsp3) is 0.304. The summed E-state index contributed by atoms with van der Waals surface area (Å²) in [5, 5.41) is 15.8. The zero-order valence-electron chi connectivity index (χ0n) is 18.0. The van der Waals surface area contributed by atoms with Crippen molar-refractivity contribution in [2.75, 3.05) is 17.2 Å². The van der Waals surface area contributed by atoms with E-state index in [-0.39, 0.29) is 42.6 Å². The maximum Gasteiger partial charge on any atom is 0.573 e.